The van der Waals surface area contributed by atoms with Crippen molar-refractivity contribution in [3.05, 3.63) is 24.5 Å². The minimum atomic E-state index is -3.00. The van der Waals surface area contributed by atoms with Crippen molar-refractivity contribution in [3.63, 3.8) is 0 Å². The molecule has 134 valence electrons. The van der Waals surface area contributed by atoms with E-state index in [1.54, 1.807) is 12.4 Å². The molecule has 25 heavy (non-hydrogen) atoms. The van der Waals surface area contributed by atoms with E-state index in [9.17, 15) is 13.2 Å². The number of hydrogen-bond acceptors (Lipinski definition) is 7. The van der Waals surface area contributed by atoms with Crippen molar-refractivity contribution in [2.45, 2.75) is 31.1 Å². The molecule has 3 rings (SSSR count). The number of nitrogens with zero attached hydrogens (tertiary/aromatic N) is 4. The fourth-order valence-electron chi connectivity index (χ4n) is 2.70. The predicted octanol–water partition coefficient (Wildman–Crippen LogP) is 0.755. The van der Waals surface area contributed by atoms with Gasteiger partial charge in [0.05, 0.1) is 17.3 Å². The number of nitrogens with one attached hydrogen (secondary N) is 1. The second-order valence-corrected chi connectivity index (χ2v) is 8.91. The van der Waals surface area contributed by atoms with Crippen LogP contribution in [-0.4, -0.2) is 57.4 Å². The molecule has 1 fully saturated rings. The van der Waals surface area contributed by atoms with Gasteiger partial charge in [0, 0.05) is 30.5 Å². The summed E-state index contributed by atoms with van der Waals surface area (Å²) in [5.41, 5.74) is 0.914. The van der Waals surface area contributed by atoms with Crippen molar-refractivity contribution in [2.24, 2.45) is 0 Å². The summed E-state index contributed by atoms with van der Waals surface area (Å²) in [5, 5.41) is 11.8. The lowest BCUT2D eigenvalue weighted by Crippen LogP contribution is -2.36. The molecule has 1 amide bonds. The molecule has 0 aliphatic carbocycles. The lowest BCUT2D eigenvalue weighted by Gasteiger charge is -2.11. The second-order valence-electron chi connectivity index (χ2n) is 5.74. The number of sulfone groups is 1. The summed E-state index contributed by atoms with van der Waals surface area (Å²) in [5.74, 6) is 0.883. The van der Waals surface area contributed by atoms with Gasteiger partial charge in [-0.1, -0.05) is 11.8 Å². The zero-order valence-electron chi connectivity index (χ0n) is 13.8. The molecule has 0 saturated carbocycles. The zero-order valence-corrected chi connectivity index (χ0v) is 15.4. The number of thioether (sulfide) groups is 1. The molecule has 1 aliphatic rings. The van der Waals surface area contributed by atoms with Crippen LogP contribution in [0, 0.1) is 0 Å². The lowest BCUT2D eigenvalue weighted by molar-refractivity contribution is -0.119. The van der Waals surface area contributed by atoms with Gasteiger partial charge in [-0.3, -0.25) is 9.78 Å². The van der Waals surface area contributed by atoms with E-state index in [0.29, 0.717) is 18.1 Å². The second kappa shape index (κ2) is 7.52. The van der Waals surface area contributed by atoms with E-state index in [2.05, 4.69) is 20.5 Å². The first kappa shape index (κ1) is 17.9. The molecular formula is C15H19N5O3S2. The molecule has 0 aromatic carbocycles. The highest BCUT2D eigenvalue weighted by Gasteiger charge is 2.29. The standard InChI is InChI=1S/C15H19N5O3S2/c1-2-20-14(11-3-6-16-7-4-11)18-19-15(20)24-9-13(21)17-12-5-8-25(22,23)10-12/h3-4,6-7,12H,2,5,8-10H2,1H3,(H,17,21)/t12-/m1/s1. The highest BCUT2D eigenvalue weighted by Crippen LogP contribution is 2.23. The molecule has 8 nitrogen and oxygen atoms in total. The number of rotatable bonds is 6. The number of carbonyl (C=O) groups excluding carboxylic acids is 1. The molecule has 3 heterocycles. The topological polar surface area (TPSA) is 107 Å². The lowest BCUT2D eigenvalue weighted by atomic mass is 10.2. The number of amides is 1. The number of aromatic nitrogens is 4. The van der Waals surface area contributed by atoms with Crippen LogP contribution in [0.4, 0.5) is 0 Å². The Kier molecular flexibility index (Phi) is 5.38. The first-order valence-electron chi connectivity index (χ1n) is 7.94. The predicted molar refractivity (Wildman–Crippen MR) is 94.9 cm³/mol. The summed E-state index contributed by atoms with van der Waals surface area (Å²) in [6.07, 6.45) is 3.87. The van der Waals surface area contributed by atoms with Crippen molar-refractivity contribution < 1.29 is 13.2 Å². The summed E-state index contributed by atoms with van der Waals surface area (Å²) in [4.78, 5) is 16.1. The van der Waals surface area contributed by atoms with E-state index < -0.39 is 9.84 Å². The molecule has 1 saturated heterocycles. The van der Waals surface area contributed by atoms with E-state index in [4.69, 9.17) is 0 Å². The average Bonchev–Trinajstić information content (AvgIpc) is 3.16. The van der Waals surface area contributed by atoms with Crippen molar-refractivity contribution in [1.29, 1.82) is 0 Å². The third-order valence-corrected chi connectivity index (χ3v) is 6.64. The van der Waals surface area contributed by atoms with Gasteiger partial charge in [0.15, 0.2) is 20.8 Å². The van der Waals surface area contributed by atoms with Crippen LogP contribution in [0.25, 0.3) is 11.4 Å². The van der Waals surface area contributed by atoms with Crippen LogP contribution in [0.1, 0.15) is 13.3 Å². The van der Waals surface area contributed by atoms with E-state index in [1.807, 2.05) is 23.6 Å². The van der Waals surface area contributed by atoms with Crippen LogP contribution >= 0.6 is 11.8 Å². The highest BCUT2D eigenvalue weighted by molar-refractivity contribution is 7.99. The van der Waals surface area contributed by atoms with Crippen LogP contribution in [0.2, 0.25) is 0 Å². The van der Waals surface area contributed by atoms with E-state index >= 15 is 0 Å². The average molecular weight is 381 g/mol. The van der Waals surface area contributed by atoms with E-state index in [1.165, 1.54) is 11.8 Å². The van der Waals surface area contributed by atoms with Gasteiger partial charge in [0.1, 0.15) is 0 Å². The number of hydrogen-bond donors (Lipinski definition) is 1. The minimum Gasteiger partial charge on any atom is -0.352 e. The van der Waals surface area contributed by atoms with E-state index in [0.717, 1.165) is 11.4 Å². The summed E-state index contributed by atoms with van der Waals surface area (Å²) in [6, 6.07) is 3.44. The maximum absolute atomic E-state index is 12.1. The first-order chi connectivity index (χ1) is 12.0. The molecule has 2 aromatic rings. The molecule has 0 spiro atoms. The quantitative estimate of drug-likeness (QED) is 0.736. The van der Waals surface area contributed by atoms with Crippen molar-refractivity contribution in [3.8, 4) is 11.4 Å². The summed E-state index contributed by atoms with van der Waals surface area (Å²) >= 11 is 1.29. The Morgan fingerprint density at radius 1 is 1.36 bits per heavy atom. The van der Waals surface area contributed by atoms with Gasteiger partial charge in [-0.25, -0.2) is 8.42 Å². The summed E-state index contributed by atoms with van der Waals surface area (Å²) in [6.45, 7) is 2.66. The molecule has 0 radical (unpaired) electrons. The molecule has 1 aliphatic heterocycles. The van der Waals surface area contributed by atoms with Gasteiger partial charge in [0.25, 0.3) is 0 Å². The Labute approximate surface area is 150 Å². The summed E-state index contributed by atoms with van der Waals surface area (Å²) < 4.78 is 24.8. The highest BCUT2D eigenvalue weighted by atomic mass is 32.2. The molecule has 1 N–H and O–H groups in total. The van der Waals surface area contributed by atoms with Crippen molar-refractivity contribution in [2.75, 3.05) is 17.3 Å². The van der Waals surface area contributed by atoms with Gasteiger partial charge in [0.2, 0.25) is 5.91 Å². The Bertz CT molecular complexity index is 851. The third-order valence-electron chi connectivity index (χ3n) is 3.90. The number of pyridine rings is 1. The van der Waals surface area contributed by atoms with Crippen molar-refractivity contribution in [1.82, 2.24) is 25.1 Å². The van der Waals surface area contributed by atoms with Crippen LogP contribution in [0.5, 0.6) is 0 Å². The molecule has 10 heteroatoms. The Balaban J connectivity index is 1.62. The molecule has 1 atom stereocenters. The van der Waals surface area contributed by atoms with Gasteiger partial charge < -0.3 is 9.88 Å². The minimum absolute atomic E-state index is 0.0285. The van der Waals surface area contributed by atoms with Gasteiger partial charge in [-0.15, -0.1) is 10.2 Å². The molecular weight excluding hydrogens is 362 g/mol. The largest absolute Gasteiger partial charge is 0.352 e. The zero-order chi connectivity index (χ0) is 17.9. The van der Waals surface area contributed by atoms with Crippen LogP contribution < -0.4 is 5.32 Å². The third kappa shape index (κ3) is 4.37. The normalized spacial score (nSPS) is 19.0. The Morgan fingerprint density at radius 3 is 2.76 bits per heavy atom. The Hall–Kier alpha value is -1.94. The molecule has 0 bridgehead atoms. The molecule has 0 unspecified atom stereocenters. The Morgan fingerprint density at radius 2 is 2.12 bits per heavy atom. The van der Waals surface area contributed by atoms with Gasteiger partial charge in [-0.05, 0) is 25.5 Å². The SMILES string of the molecule is CCn1c(SCC(=O)N[C@@H]2CCS(=O)(=O)C2)nnc1-c1ccncc1. The molecule has 2 aromatic heterocycles. The smallest absolute Gasteiger partial charge is 0.230 e. The fourth-order valence-corrected chi connectivity index (χ4v) is 5.19. The van der Waals surface area contributed by atoms with Crippen molar-refractivity contribution >= 4 is 27.5 Å². The van der Waals surface area contributed by atoms with Crippen LogP contribution in [0.15, 0.2) is 29.7 Å². The van der Waals surface area contributed by atoms with E-state index in [-0.39, 0.29) is 29.2 Å². The van der Waals surface area contributed by atoms with Gasteiger partial charge in [-0.2, -0.15) is 0 Å². The monoisotopic (exact) mass is 381 g/mol. The fraction of sp³-hybridized carbons (Fsp3) is 0.467. The number of carbonyl (C=O) groups is 1. The van der Waals surface area contributed by atoms with Crippen LogP contribution in [-0.2, 0) is 21.2 Å². The van der Waals surface area contributed by atoms with Crippen LogP contribution in [0.3, 0.4) is 0 Å². The van der Waals surface area contributed by atoms with Gasteiger partial charge >= 0.3 is 0 Å². The first-order valence-corrected chi connectivity index (χ1v) is 10.8. The maximum atomic E-state index is 12.1. The maximum Gasteiger partial charge on any atom is 0.230 e. The summed E-state index contributed by atoms with van der Waals surface area (Å²) in [7, 11) is -3.00.